The number of nitrogens with one attached hydrogen (secondary N) is 1. The fourth-order valence-electron chi connectivity index (χ4n) is 2.61. The smallest absolute Gasteiger partial charge is 0.269 e. The van der Waals surface area contributed by atoms with E-state index in [4.69, 9.17) is 4.84 Å². The summed E-state index contributed by atoms with van der Waals surface area (Å²) in [5.41, 5.74) is -0.168. The van der Waals surface area contributed by atoms with Crippen molar-refractivity contribution in [3.05, 3.63) is 39.9 Å². The molecule has 1 aliphatic heterocycles. The van der Waals surface area contributed by atoms with Crippen LogP contribution >= 0.6 is 0 Å². The molecule has 0 spiro atoms. The predicted octanol–water partition coefficient (Wildman–Crippen LogP) is 1.60. The maximum Gasteiger partial charge on any atom is 0.269 e. The summed E-state index contributed by atoms with van der Waals surface area (Å²) in [6.45, 7) is 5.26. The molecule has 9 heteroatoms. The zero-order valence-electron chi connectivity index (χ0n) is 13.5. The van der Waals surface area contributed by atoms with Gasteiger partial charge < -0.3 is 0 Å². The highest BCUT2D eigenvalue weighted by molar-refractivity contribution is 7.90. The van der Waals surface area contributed by atoms with Crippen molar-refractivity contribution in [2.24, 2.45) is 0 Å². The highest BCUT2D eigenvalue weighted by Gasteiger charge is 2.44. The van der Waals surface area contributed by atoms with Crippen molar-refractivity contribution in [1.82, 2.24) is 9.79 Å². The standard InChI is InChI=1S/C14H21N3O5S/c1-14(2,3)15-23(20,21)12-9-22-16(4)13(12)10-6-5-7-11(8-10)17(18)19/h5-8,12-13,15H,9H2,1-4H3. The number of hydroxylamine groups is 2. The average molecular weight is 343 g/mol. The molecule has 0 amide bonds. The first-order valence-electron chi connectivity index (χ1n) is 7.14. The zero-order chi connectivity index (χ0) is 17.4. The number of rotatable bonds is 4. The van der Waals surface area contributed by atoms with Gasteiger partial charge in [0.2, 0.25) is 10.0 Å². The first-order chi connectivity index (χ1) is 10.5. The average Bonchev–Trinajstić information content (AvgIpc) is 2.79. The summed E-state index contributed by atoms with van der Waals surface area (Å²) in [6, 6.07) is 5.35. The van der Waals surface area contributed by atoms with Gasteiger partial charge in [-0.25, -0.2) is 13.1 Å². The van der Waals surface area contributed by atoms with Crippen molar-refractivity contribution in [3.63, 3.8) is 0 Å². The van der Waals surface area contributed by atoms with Crippen LogP contribution < -0.4 is 4.72 Å². The van der Waals surface area contributed by atoms with Crippen molar-refractivity contribution in [3.8, 4) is 0 Å². The third kappa shape index (κ3) is 4.05. The van der Waals surface area contributed by atoms with Crippen LogP contribution in [-0.2, 0) is 14.9 Å². The zero-order valence-corrected chi connectivity index (χ0v) is 14.3. The largest absolute Gasteiger partial charge is 0.297 e. The van der Waals surface area contributed by atoms with Gasteiger partial charge in [0.25, 0.3) is 5.69 Å². The van der Waals surface area contributed by atoms with E-state index in [0.29, 0.717) is 5.56 Å². The number of nitro groups is 1. The molecule has 1 aromatic rings. The lowest BCUT2D eigenvalue weighted by atomic mass is 10.0. The van der Waals surface area contributed by atoms with Crippen LogP contribution in [0, 0.1) is 10.1 Å². The van der Waals surface area contributed by atoms with Gasteiger partial charge in [-0.2, -0.15) is 5.06 Å². The number of non-ortho nitro benzene ring substituents is 1. The molecule has 0 bridgehead atoms. The topological polar surface area (TPSA) is 102 Å². The van der Waals surface area contributed by atoms with Crippen LogP contribution in [0.5, 0.6) is 0 Å². The van der Waals surface area contributed by atoms with Gasteiger partial charge >= 0.3 is 0 Å². The minimum absolute atomic E-state index is 0.00469. The van der Waals surface area contributed by atoms with Crippen LogP contribution in [0.2, 0.25) is 0 Å². The monoisotopic (exact) mass is 343 g/mol. The number of hydrogen-bond donors (Lipinski definition) is 1. The molecule has 1 fully saturated rings. The van der Waals surface area contributed by atoms with Gasteiger partial charge in [-0.15, -0.1) is 0 Å². The highest BCUT2D eigenvalue weighted by Crippen LogP contribution is 2.34. The summed E-state index contributed by atoms with van der Waals surface area (Å²) in [6.07, 6.45) is 0. The Morgan fingerprint density at radius 2 is 2.04 bits per heavy atom. The molecule has 2 atom stereocenters. The predicted molar refractivity (Wildman–Crippen MR) is 85.1 cm³/mol. The molecule has 8 nitrogen and oxygen atoms in total. The molecule has 1 aliphatic rings. The van der Waals surface area contributed by atoms with Gasteiger partial charge in [0.15, 0.2) is 0 Å². The van der Waals surface area contributed by atoms with Gasteiger partial charge in [0, 0.05) is 24.7 Å². The van der Waals surface area contributed by atoms with E-state index in [-0.39, 0.29) is 12.3 Å². The van der Waals surface area contributed by atoms with E-state index in [1.807, 2.05) is 0 Å². The molecule has 1 aromatic carbocycles. The Labute approximate surface area is 135 Å². The lowest BCUT2D eigenvalue weighted by Crippen LogP contribution is -2.47. The van der Waals surface area contributed by atoms with E-state index in [2.05, 4.69) is 4.72 Å². The maximum atomic E-state index is 12.6. The molecule has 0 aromatic heterocycles. The summed E-state index contributed by atoms with van der Waals surface area (Å²) in [5.74, 6) is 0. The third-order valence-corrected chi connectivity index (χ3v) is 5.54. The SMILES string of the molecule is CN1OCC(S(=O)(=O)NC(C)(C)C)C1c1cccc([N+](=O)[O-])c1. The lowest BCUT2D eigenvalue weighted by molar-refractivity contribution is -0.385. The van der Waals surface area contributed by atoms with Crippen molar-refractivity contribution in [2.75, 3.05) is 13.7 Å². The Bertz CT molecular complexity index is 699. The second-order valence-corrected chi connectivity index (χ2v) is 8.47. The van der Waals surface area contributed by atoms with Crippen molar-refractivity contribution in [2.45, 2.75) is 37.6 Å². The second kappa shape index (κ2) is 6.16. The van der Waals surface area contributed by atoms with E-state index in [9.17, 15) is 18.5 Å². The van der Waals surface area contributed by atoms with Crippen molar-refractivity contribution in [1.29, 1.82) is 0 Å². The molecule has 1 heterocycles. The second-order valence-electron chi connectivity index (χ2n) is 6.57. The summed E-state index contributed by atoms with van der Waals surface area (Å²) in [5, 5.41) is 11.5. The molecule has 2 rings (SSSR count). The Morgan fingerprint density at radius 1 is 1.39 bits per heavy atom. The van der Waals surface area contributed by atoms with E-state index in [1.165, 1.54) is 17.2 Å². The third-order valence-electron chi connectivity index (χ3n) is 3.46. The summed E-state index contributed by atoms with van der Waals surface area (Å²) in [4.78, 5) is 15.8. The molecule has 0 saturated carbocycles. The minimum atomic E-state index is -3.67. The van der Waals surface area contributed by atoms with E-state index in [0.717, 1.165) is 0 Å². The summed E-state index contributed by atoms with van der Waals surface area (Å²) >= 11 is 0. The normalized spacial score (nSPS) is 23.1. The van der Waals surface area contributed by atoms with E-state index in [1.54, 1.807) is 40.0 Å². The number of benzene rings is 1. The minimum Gasteiger partial charge on any atom is -0.297 e. The van der Waals surface area contributed by atoms with Gasteiger partial charge in [-0.05, 0) is 26.3 Å². The van der Waals surface area contributed by atoms with Crippen LogP contribution in [0.1, 0.15) is 32.4 Å². The van der Waals surface area contributed by atoms with Gasteiger partial charge in [0.1, 0.15) is 5.25 Å². The van der Waals surface area contributed by atoms with Crippen LogP contribution in [-0.4, -0.2) is 42.8 Å². The number of nitrogens with zero attached hydrogens (tertiary/aromatic N) is 2. The molecule has 23 heavy (non-hydrogen) atoms. The number of hydrogen-bond acceptors (Lipinski definition) is 6. The van der Waals surface area contributed by atoms with E-state index < -0.39 is 31.8 Å². The molecule has 1 saturated heterocycles. The van der Waals surface area contributed by atoms with Crippen LogP contribution in [0.15, 0.2) is 24.3 Å². The molecule has 0 aliphatic carbocycles. The number of sulfonamides is 1. The molecule has 2 unspecified atom stereocenters. The quantitative estimate of drug-likeness (QED) is 0.658. The van der Waals surface area contributed by atoms with Gasteiger partial charge in [-0.1, -0.05) is 12.1 Å². The Balaban J connectivity index is 2.39. The lowest BCUT2D eigenvalue weighted by Gasteiger charge is -2.27. The molecular formula is C14H21N3O5S. The maximum absolute atomic E-state index is 12.6. The van der Waals surface area contributed by atoms with Gasteiger partial charge in [-0.3, -0.25) is 15.0 Å². The fraction of sp³-hybridized carbons (Fsp3) is 0.571. The first kappa shape index (κ1) is 17.8. The summed E-state index contributed by atoms with van der Waals surface area (Å²) < 4.78 is 27.9. The Kier molecular flexibility index (Phi) is 4.76. The van der Waals surface area contributed by atoms with Crippen LogP contribution in [0.4, 0.5) is 5.69 Å². The summed E-state index contributed by atoms with van der Waals surface area (Å²) in [7, 11) is -2.05. The Hall–Kier alpha value is -1.55. The highest BCUT2D eigenvalue weighted by atomic mass is 32.2. The van der Waals surface area contributed by atoms with Gasteiger partial charge in [0.05, 0.1) is 17.6 Å². The van der Waals surface area contributed by atoms with Crippen molar-refractivity contribution >= 4 is 15.7 Å². The van der Waals surface area contributed by atoms with Crippen molar-refractivity contribution < 1.29 is 18.2 Å². The molecule has 1 N–H and O–H groups in total. The number of nitro benzene ring substituents is 1. The fourth-order valence-corrected chi connectivity index (χ4v) is 4.52. The molecule has 0 radical (unpaired) electrons. The molecular weight excluding hydrogens is 322 g/mol. The Morgan fingerprint density at radius 3 is 2.61 bits per heavy atom. The van der Waals surface area contributed by atoms with E-state index >= 15 is 0 Å². The molecule has 128 valence electrons. The first-order valence-corrected chi connectivity index (χ1v) is 8.69. The van der Waals surface area contributed by atoms with Crippen LogP contribution in [0.3, 0.4) is 0 Å². The van der Waals surface area contributed by atoms with Crippen LogP contribution in [0.25, 0.3) is 0 Å².